The summed E-state index contributed by atoms with van der Waals surface area (Å²) in [5.41, 5.74) is 5.11. The molecular weight excluding hydrogens is 767 g/mol. The Labute approximate surface area is 292 Å². The molecule has 0 unspecified atom stereocenters. The highest BCUT2D eigenvalue weighted by Gasteiger charge is 2.22. The van der Waals surface area contributed by atoms with E-state index < -0.39 is 27.6 Å². The van der Waals surface area contributed by atoms with Gasteiger partial charge in [0.1, 0.15) is 5.82 Å². The van der Waals surface area contributed by atoms with Crippen LogP contribution in [0.15, 0.2) is 92.7 Å². The van der Waals surface area contributed by atoms with E-state index in [1.54, 1.807) is 26.8 Å². The number of aryl methyl sites for hydroxylation is 1. The average Bonchev–Trinajstić information content (AvgIpc) is 3.01. The fourth-order valence-electron chi connectivity index (χ4n) is 5.54. The van der Waals surface area contributed by atoms with Gasteiger partial charge < -0.3 is 10.2 Å². The van der Waals surface area contributed by atoms with Gasteiger partial charge in [-0.05, 0) is 92.1 Å². The van der Waals surface area contributed by atoms with E-state index in [1.165, 1.54) is 24.3 Å². The van der Waals surface area contributed by atoms with E-state index in [4.69, 9.17) is 0 Å². The molecule has 0 radical (unpaired) electrons. The van der Waals surface area contributed by atoms with Crippen LogP contribution in [0.2, 0.25) is 0 Å². The summed E-state index contributed by atoms with van der Waals surface area (Å²) < 4.78 is 39.2. The van der Waals surface area contributed by atoms with Crippen molar-refractivity contribution in [3.63, 3.8) is 0 Å². The summed E-state index contributed by atoms with van der Waals surface area (Å²) in [4.78, 5) is 32.9. The van der Waals surface area contributed by atoms with Crippen molar-refractivity contribution in [1.82, 2.24) is 9.97 Å². The number of aromatic nitrogens is 2. The molecule has 0 aliphatic heterocycles. The Hall–Kier alpha value is -4.52. The number of pyridine rings is 2. The van der Waals surface area contributed by atoms with E-state index in [0.29, 0.717) is 49.9 Å². The number of benzene rings is 4. The number of rotatable bonds is 5. The lowest BCUT2D eigenvalue weighted by Crippen LogP contribution is -2.06. The number of halogens is 3. The number of aromatic carboxylic acids is 2. The molecule has 0 aliphatic carbocycles. The number of sulfone groups is 1. The SMILES string of the molecule is Cc1c(-c2cccc(Br)c2)nc2ccc(F)c(C)c2c1C(=O)O.Cc1c(-c2cccc(Br)c2)nc2ccc(S(C)(=O)=O)cc2c1C(=O)O. The Morgan fingerprint density at radius 3 is 1.69 bits per heavy atom. The fraction of sp³-hybridized carbons (Fsp3) is 0.111. The Balaban J connectivity index is 0.000000188. The third-order valence-electron chi connectivity index (χ3n) is 7.84. The highest BCUT2D eigenvalue weighted by Crippen LogP contribution is 2.34. The van der Waals surface area contributed by atoms with Crippen LogP contribution in [-0.4, -0.2) is 46.8 Å². The summed E-state index contributed by atoms with van der Waals surface area (Å²) in [6.07, 6.45) is 1.09. The minimum atomic E-state index is -3.44. The summed E-state index contributed by atoms with van der Waals surface area (Å²) in [5.74, 6) is -2.64. The fourth-order valence-corrected chi connectivity index (χ4v) is 6.98. The van der Waals surface area contributed by atoms with Crippen molar-refractivity contribution in [2.24, 2.45) is 0 Å². The quantitative estimate of drug-likeness (QED) is 0.177. The number of carbonyl (C=O) groups is 2. The Kier molecular flexibility index (Phi) is 9.82. The molecule has 2 N–H and O–H groups in total. The molecule has 2 aromatic heterocycles. The average molecular weight is 794 g/mol. The molecule has 0 spiro atoms. The maximum atomic E-state index is 13.9. The van der Waals surface area contributed by atoms with Gasteiger partial charge in [0, 0.05) is 37.1 Å². The summed E-state index contributed by atoms with van der Waals surface area (Å²) in [5, 5.41) is 20.0. The maximum Gasteiger partial charge on any atom is 0.336 e. The van der Waals surface area contributed by atoms with Crippen LogP contribution in [-0.2, 0) is 9.84 Å². The Morgan fingerprint density at radius 1 is 0.688 bits per heavy atom. The lowest BCUT2D eigenvalue weighted by Gasteiger charge is -2.14. The van der Waals surface area contributed by atoms with E-state index in [-0.39, 0.29) is 16.0 Å². The molecule has 0 amide bonds. The lowest BCUT2D eigenvalue weighted by molar-refractivity contribution is 0.0687. The van der Waals surface area contributed by atoms with Gasteiger partial charge in [0.15, 0.2) is 9.84 Å². The number of hydrogen-bond acceptors (Lipinski definition) is 6. The van der Waals surface area contributed by atoms with Gasteiger partial charge in [0.2, 0.25) is 0 Å². The van der Waals surface area contributed by atoms with Crippen molar-refractivity contribution >= 4 is 75.4 Å². The molecule has 4 aromatic carbocycles. The van der Waals surface area contributed by atoms with E-state index in [1.807, 2.05) is 48.5 Å². The zero-order valence-electron chi connectivity index (χ0n) is 26.0. The number of hydrogen-bond donors (Lipinski definition) is 2. The minimum Gasteiger partial charge on any atom is -0.478 e. The van der Waals surface area contributed by atoms with Crippen molar-refractivity contribution in [2.75, 3.05) is 6.26 Å². The van der Waals surface area contributed by atoms with Crippen LogP contribution in [0.5, 0.6) is 0 Å². The highest BCUT2D eigenvalue weighted by molar-refractivity contribution is 9.10. The summed E-state index contributed by atoms with van der Waals surface area (Å²) in [6, 6.07) is 22.1. The monoisotopic (exact) mass is 792 g/mol. The van der Waals surface area contributed by atoms with E-state index in [0.717, 1.165) is 26.3 Å². The van der Waals surface area contributed by atoms with Gasteiger partial charge in [0.25, 0.3) is 0 Å². The predicted molar refractivity (Wildman–Crippen MR) is 191 cm³/mol. The molecule has 0 saturated heterocycles. The second-order valence-electron chi connectivity index (χ2n) is 11.1. The standard InChI is InChI=1S/C18H13BrFNO2.C18H14BrNO4S/c1-9-13(20)6-7-14-15(9)16(18(22)23)10(2)17(21-14)11-4-3-5-12(19)8-11;1-10-16(18(21)22)14-9-13(25(2,23)24)6-7-15(14)20-17(10)11-4-3-5-12(19)8-11/h3-8H,1-2H3,(H,22,23);3-9H,1-2H3,(H,21,22). The van der Waals surface area contributed by atoms with Crippen LogP contribution >= 0.6 is 31.9 Å². The first-order valence-corrected chi connectivity index (χ1v) is 17.8. The zero-order chi connectivity index (χ0) is 35.1. The van der Waals surface area contributed by atoms with Crippen LogP contribution in [0, 0.1) is 26.6 Å². The first kappa shape index (κ1) is 34.8. The van der Waals surface area contributed by atoms with Crippen LogP contribution < -0.4 is 0 Å². The van der Waals surface area contributed by atoms with Crippen LogP contribution in [0.25, 0.3) is 44.3 Å². The Morgan fingerprint density at radius 2 is 1.19 bits per heavy atom. The lowest BCUT2D eigenvalue weighted by atomic mass is 9.95. The minimum absolute atomic E-state index is 0.0606. The number of carboxylic acid groups (broad SMARTS) is 2. The summed E-state index contributed by atoms with van der Waals surface area (Å²) in [6.45, 7) is 4.96. The van der Waals surface area contributed by atoms with Gasteiger partial charge in [-0.2, -0.15) is 0 Å². The van der Waals surface area contributed by atoms with Crippen LogP contribution in [0.1, 0.15) is 37.4 Å². The van der Waals surface area contributed by atoms with Gasteiger partial charge in [-0.15, -0.1) is 0 Å². The normalized spacial score (nSPS) is 11.3. The molecule has 0 bridgehead atoms. The first-order chi connectivity index (χ1) is 22.6. The summed E-state index contributed by atoms with van der Waals surface area (Å²) in [7, 11) is -3.44. The van der Waals surface area contributed by atoms with Gasteiger partial charge in [0.05, 0.1) is 38.4 Å². The van der Waals surface area contributed by atoms with Crippen molar-refractivity contribution in [1.29, 1.82) is 0 Å². The van der Waals surface area contributed by atoms with Gasteiger partial charge in [-0.1, -0.05) is 56.1 Å². The molecule has 2 heterocycles. The number of nitrogens with zero attached hydrogens (tertiary/aromatic N) is 2. The molecule has 0 fully saturated rings. The topological polar surface area (TPSA) is 135 Å². The van der Waals surface area contributed by atoms with Crippen molar-refractivity contribution in [2.45, 2.75) is 25.7 Å². The smallest absolute Gasteiger partial charge is 0.336 e. The van der Waals surface area contributed by atoms with Crippen LogP contribution in [0.3, 0.4) is 0 Å². The molecule has 8 nitrogen and oxygen atoms in total. The Bertz CT molecular complexity index is 2420. The third-order valence-corrected chi connectivity index (χ3v) is 9.94. The number of fused-ring (bicyclic) bond motifs is 2. The molecule has 0 aliphatic rings. The maximum absolute atomic E-state index is 13.9. The van der Waals surface area contributed by atoms with Gasteiger partial charge in [-0.25, -0.2) is 32.4 Å². The van der Waals surface area contributed by atoms with E-state index >= 15 is 0 Å². The second kappa shape index (κ2) is 13.5. The first-order valence-electron chi connectivity index (χ1n) is 14.3. The molecular formula is C36H27Br2FN2O6S. The third kappa shape index (κ3) is 6.87. The molecule has 0 saturated carbocycles. The molecule has 0 atom stereocenters. The van der Waals surface area contributed by atoms with Crippen molar-refractivity contribution < 1.29 is 32.6 Å². The van der Waals surface area contributed by atoms with Crippen molar-refractivity contribution in [3.8, 4) is 22.5 Å². The molecule has 48 heavy (non-hydrogen) atoms. The van der Waals surface area contributed by atoms with Gasteiger partial charge in [-0.3, -0.25) is 0 Å². The van der Waals surface area contributed by atoms with E-state index in [2.05, 4.69) is 41.8 Å². The van der Waals surface area contributed by atoms with Crippen LogP contribution in [0.4, 0.5) is 4.39 Å². The molecule has 244 valence electrons. The molecule has 6 rings (SSSR count). The molecule has 6 aromatic rings. The summed E-state index contributed by atoms with van der Waals surface area (Å²) >= 11 is 6.81. The van der Waals surface area contributed by atoms with Crippen molar-refractivity contribution in [3.05, 3.63) is 121 Å². The largest absolute Gasteiger partial charge is 0.478 e. The number of carboxylic acids is 2. The zero-order valence-corrected chi connectivity index (χ0v) is 30.0. The predicted octanol–water partition coefficient (Wildman–Crippen LogP) is 9.19. The van der Waals surface area contributed by atoms with E-state index in [9.17, 15) is 32.6 Å². The second-order valence-corrected chi connectivity index (χ2v) is 14.9. The van der Waals surface area contributed by atoms with Gasteiger partial charge >= 0.3 is 11.9 Å². The molecule has 12 heteroatoms. The highest BCUT2D eigenvalue weighted by atomic mass is 79.9.